The second kappa shape index (κ2) is 7.36. The van der Waals surface area contributed by atoms with E-state index in [1.54, 1.807) is 13.0 Å². The molecule has 0 aliphatic heterocycles. The van der Waals surface area contributed by atoms with Gasteiger partial charge in [0.25, 0.3) is 0 Å². The first kappa shape index (κ1) is 22.4. The molecule has 31 heavy (non-hydrogen) atoms. The second-order valence-corrected chi connectivity index (χ2v) is 10.1. The fourth-order valence-electron chi connectivity index (χ4n) is 7.32. The molecule has 170 valence electrons. The van der Waals surface area contributed by atoms with Crippen LogP contribution in [0.5, 0.6) is 0 Å². The Kier molecular flexibility index (Phi) is 5.31. The number of hydrogen-bond donors (Lipinski definition) is 3. The lowest BCUT2D eigenvalue weighted by molar-refractivity contribution is -0.182. The molecule has 0 unspecified atom stereocenters. The highest BCUT2D eigenvalue weighted by Crippen LogP contribution is 2.68. The normalized spacial score (nSPS) is 43.9. The van der Waals surface area contributed by atoms with Crippen LogP contribution in [0.25, 0.3) is 0 Å². The molecule has 0 radical (unpaired) electrons. The number of ketones is 2. The van der Waals surface area contributed by atoms with Crippen molar-refractivity contribution in [2.24, 2.45) is 28.6 Å². The average Bonchev–Trinajstić information content (AvgIpc) is 2.99. The van der Waals surface area contributed by atoms with E-state index in [1.165, 1.54) is 6.08 Å². The van der Waals surface area contributed by atoms with Crippen LogP contribution < -0.4 is 0 Å². The van der Waals surface area contributed by atoms with Crippen LogP contribution in [0.3, 0.4) is 0 Å². The van der Waals surface area contributed by atoms with Crippen LogP contribution in [0.2, 0.25) is 0 Å². The third kappa shape index (κ3) is 2.93. The Bertz CT molecular complexity index is 888. The van der Waals surface area contributed by atoms with E-state index in [0.717, 1.165) is 12.0 Å². The lowest BCUT2D eigenvalue weighted by Gasteiger charge is -2.60. The zero-order valence-electron chi connectivity index (χ0n) is 18.4. The highest BCUT2D eigenvalue weighted by Gasteiger charge is 2.69. The van der Waals surface area contributed by atoms with Crippen LogP contribution >= 0.6 is 0 Å². The van der Waals surface area contributed by atoms with E-state index in [2.05, 4.69) is 0 Å². The molecule has 3 N–H and O–H groups in total. The summed E-state index contributed by atoms with van der Waals surface area (Å²) in [6.45, 7) is 4.75. The van der Waals surface area contributed by atoms with Gasteiger partial charge in [-0.2, -0.15) is 0 Å². The molecule has 0 amide bonds. The first-order valence-corrected chi connectivity index (χ1v) is 11.3. The van der Waals surface area contributed by atoms with E-state index in [-0.39, 0.29) is 42.8 Å². The summed E-state index contributed by atoms with van der Waals surface area (Å²) in [5.74, 6) is -1.30. The summed E-state index contributed by atoms with van der Waals surface area (Å²) in [7, 11) is 0. The minimum atomic E-state index is -1.66. The van der Waals surface area contributed by atoms with Crippen LogP contribution in [0, 0.1) is 28.6 Å². The number of aliphatic hydroxyl groups is 3. The molecular formula is C24H32O7. The van der Waals surface area contributed by atoms with Crippen molar-refractivity contribution in [3.8, 4) is 0 Å². The van der Waals surface area contributed by atoms with Gasteiger partial charge in [0, 0.05) is 23.8 Å². The molecule has 3 saturated carbocycles. The van der Waals surface area contributed by atoms with Gasteiger partial charge in [0.15, 0.2) is 11.6 Å². The summed E-state index contributed by atoms with van der Waals surface area (Å²) < 4.78 is 5.63. The van der Waals surface area contributed by atoms with E-state index in [4.69, 9.17) is 4.74 Å². The predicted octanol–water partition coefficient (Wildman–Crippen LogP) is 1.84. The summed E-state index contributed by atoms with van der Waals surface area (Å²) in [5, 5.41) is 32.2. The molecule has 0 spiro atoms. The highest BCUT2D eigenvalue weighted by molar-refractivity contribution is 6.02. The molecule has 4 aliphatic rings. The monoisotopic (exact) mass is 432 g/mol. The van der Waals surface area contributed by atoms with Gasteiger partial charge >= 0.3 is 5.97 Å². The number of aliphatic hydroxyl groups excluding tert-OH is 2. The van der Waals surface area contributed by atoms with Gasteiger partial charge in [0.05, 0.1) is 11.5 Å². The molecule has 0 aromatic heterocycles. The molecule has 0 heterocycles. The molecular weight excluding hydrogens is 400 g/mol. The second-order valence-electron chi connectivity index (χ2n) is 10.1. The molecule has 4 rings (SSSR count). The van der Waals surface area contributed by atoms with Crippen molar-refractivity contribution in [1.82, 2.24) is 0 Å². The first-order valence-electron chi connectivity index (χ1n) is 11.3. The Labute approximate surface area is 182 Å². The summed E-state index contributed by atoms with van der Waals surface area (Å²) in [6, 6.07) is 0. The average molecular weight is 433 g/mol. The van der Waals surface area contributed by atoms with Crippen LogP contribution in [0.1, 0.15) is 59.3 Å². The van der Waals surface area contributed by atoms with E-state index >= 15 is 0 Å². The van der Waals surface area contributed by atoms with Gasteiger partial charge in [-0.3, -0.25) is 14.4 Å². The Balaban J connectivity index is 1.76. The minimum absolute atomic E-state index is 0.0200. The van der Waals surface area contributed by atoms with Crippen molar-refractivity contribution >= 4 is 17.5 Å². The number of ether oxygens (including phenoxy) is 1. The number of carbonyl (C=O) groups excluding carboxylic acids is 3. The maximum absolute atomic E-state index is 12.5. The lowest BCUT2D eigenvalue weighted by atomic mass is 9.45. The van der Waals surface area contributed by atoms with Gasteiger partial charge in [-0.05, 0) is 56.9 Å². The van der Waals surface area contributed by atoms with Crippen LogP contribution in [0.4, 0.5) is 0 Å². The third-order valence-electron chi connectivity index (χ3n) is 8.91. The van der Waals surface area contributed by atoms with E-state index in [0.29, 0.717) is 18.6 Å². The maximum Gasteiger partial charge on any atom is 0.310 e. The fraction of sp³-hybridized carbons (Fsp3) is 0.708. The molecule has 7 heteroatoms. The number of esters is 1. The zero-order valence-corrected chi connectivity index (χ0v) is 18.4. The molecule has 0 saturated heterocycles. The van der Waals surface area contributed by atoms with Gasteiger partial charge in [-0.25, -0.2) is 0 Å². The van der Waals surface area contributed by atoms with E-state index < -0.39 is 40.9 Å². The molecule has 4 aliphatic carbocycles. The number of hydrogen-bond acceptors (Lipinski definition) is 7. The number of allylic oxidation sites excluding steroid dienone is 3. The first-order chi connectivity index (χ1) is 14.5. The molecule has 3 fully saturated rings. The van der Waals surface area contributed by atoms with Crippen molar-refractivity contribution in [2.75, 3.05) is 6.61 Å². The molecule has 0 bridgehead atoms. The van der Waals surface area contributed by atoms with Crippen molar-refractivity contribution in [3.63, 3.8) is 0 Å². The number of Topliss-reactive ketones (excluding diaryl/α,β-unsaturated/α-hetero) is 1. The van der Waals surface area contributed by atoms with E-state index in [1.807, 2.05) is 13.8 Å². The maximum atomic E-state index is 12.5. The van der Waals surface area contributed by atoms with Crippen molar-refractivity contribution in [1.29, 1.82) is 0 Å². The number of carbonyl (C=O) groups is 3. The van der Waals surface area contributed by atoms with E-state index in [9.17, 15) is 29.7 Å². The molecule has 7 nitrogen and oxygen atoms in total. The Morgan fingerprint density at radius 3 is 2.58 bits per heavy atom. The topological polar surface area (TPSA) is 121 Å². The summed E-state index contributed by atoms with van der Waals surface area (Å²) in [4.78, 5) is 36.9. The van der Waals surface area contributed by atoms with Crippen molar-refractivity contribution in [3.05, 3.63) is 23.5 Å². The predicted molar refractivity (Wildman–Crippen MR) is 110 cm³/mol. The van der Waals surface area contributed by atoms with Gasteiger partial charge in [-0.1, -0.05) is 19.4 Å². The number of rotatable bonds is 4. The molecule has 0 aromatic rings. The minimum Gasteiger partial charge on any atom is -0.430 e. The third-order valence-corrected chi connectivity index (χ3v) is 8.91. The standard InChI is InChI=1S/C24H32O7/c1-4-20(29)31-19-10-14(26)9-13-5-6-15-16-7-8-24(30,18(28)12-25)22(16,2)11-17(27)21(15)23(13,19)3/h9-10,15-17,21,25,27,30H,4-8,11-12H2,1-3H3/t15-,16-,17-,21+,22-,23+,24-/m0/s1. The molecule has 0 aromatic carbocycles. The highest BCUT2D eigenvalue weighted by atomic mass is 16.5. The summed E-state index contributed by atoms with van der Waals surface area (Å²) >= 11 is 0. The fourth-order valence-corrected chi connectivity index (χ4v) is 7.32. The van der Waals surface area contributed by atoms with Crippen LogP contribution in [0.15, 0.2) is 23.5 Å². The van der Waals surface area contributed by atoms with Crippen LogP contribution in [-0.2, 0) is 19.1 Å². The lowest BCUT2D eigenvalue weighted by Crippen LogP contribution is -2.62. The Hall–Kier alpha value is -1.83. The van der Waals surface area contributed by atoms with Gasteiger partial charge in [0.1, 0.15) is 18.0 Å². The smallest absolute Gasteiger partial charge is 0.310 e. The Morgan fingerprint density at radius 2 is 1.94 bits per heavy atom. The molecule has 7 atom stereocenters. The SMILES string of the molecule is CCC(=O)OC1=CC(=O)C=C2CC[C@@H]3[C@H]([C@@H](O)C[C@@]4(C)[C@H]3CC[C@]4(O)C(=O)CO)[C@]21C. The van der Waals surface area contributed by atoms with Crippen molar-refractivity contribution < 1.29 is 34.4 Å². The van der Waals surface area contributed by atoms with Gasteiger partial charge in [0.2, 0.25) is 0 Å². The summed E-state index contributed by atoms with van der Waals surface area (Å²) in [6.07, 6.45) is 4.68. The summed E-state index contributed by atoms with van der Waals surface area (Å²) in [5.41, 5.74) is -2.45. The number of fused-ring (bicyclic) bond motifs is 5. The largest absolute Gasteiger partial charge is 0.430 e. The van der Waals surface area contributed by atoms with Crippen molar-refractivity contribution in [2.45, 2.75) is 71.0 Å². The van der Waals surface area contributed by atoms with Crippen LogP contribution in [-0.4, -0.2) is 51.2 Å². The van der Waals surface area contributed by atoms with Gasteiger partial charge in [-0.15, -0.1) is 0 Å². The van der Waals surface area contributed by atoms with Gasteiger partial charge < -0.3 is 20.1 Å². The zero-order chi connectivity index (χ0) is 22.8. The quantitative estimate of drug-likeness (QED) is 0.580. The Morgan fingerprint density at radius 1 is 1.23 bits per heavy atom.